The average molecular weight is 385 g/mol. The van der Waals surface area contributed by atoms with Crippen LogP contribution in [-0.4, -0.2) is 37.9 Å². The van der Waals surface area contributed by atoms with E-state index >= 15 is 0 Å². The summed E-state index contributed by atoms with van der Waals surface area (Å²) in [5.41, 5.74) is -1.59. The molecule has 1 N–H and O–H groups in total. The fourth-order valence-electron chi connectivity index (χ4n) is 2.88. The minimum atomic E-state index is -4.98. The first-order chi connectivity index (χ1) is 13.4. The van der Waals surface area contributed by atoms with Crippen molar-refractivity contribution in [3.63, 3.8) is 0 Å². The van der Waals surface area contributed by atoms with Crippen LogP contribution in [0.4, 0.5) is 19.1 Å². The van der Waals surface area contributed by atoms with Gasteiger partial charge in [-0.1, -0.05) is 60.7 Å². The van der Waals surface area contributed by atoms with Crippen molar-refractivity contribution < 1.29 is 18.3 Å². The molecule has 1 unspecified atom stereocenters. The highest BCUT2D eigenvalue weighted by Gasteiger charge is 2.62. The molecule has 2 heterocycles. The predicted molar refractivity (Wildman–Crippen MR) is 96.3 cm³/mol. The van der Waals surface area contributed by atoms with Gasteiger partial charge in [-0.25, -0.2) is 4.98 Å². The van der Waals surface area contributed by atoms with Crippen LogP contribution in [0.15, 0.2) is 72.0 Å². The maximum Gasteiger partial charge on any atom is 0.438 e. The summed E-state index contributed by atoms with van der Waals surface area (Å²) in [7, 11) is 0. The van der Waals surface area contributed by atoms with Gasteiger partial charge in [0.25, 0.3) is 11.7 Å². The van der Waals surface area contributed by atoms with Crippen LogP contribution in [0, 0.1) is 0 Å². The van der Waals surface area contributed by atoms with E-state index in [2.05, 4.69) is 20.3 Å². The van der Waals surface area contributed by atoms with Crippen LogP contribution >= 0.6 is 0 Å². The molecule has 0 saturated heterocycles. The van der Waals surface area contributed by atoms with E-state index in [4.69, 9.17) is 0 Å². The summed E-state index contributed by atoms with van der Waals surface area (Å²) >= 11 is 0. The van der Waals surface area contributed by atoms with E-state index in [9.17, 15) is 18.3 Å². The number of alkyl halides is 3. The van der Waals surface area contributed by atoms with Crippen molar-refractivity contribution >= 4 is 11.7 Å². The lowest BCUT2D eigenvalue weighted by Crippen LogP contribution is -2.55. The van der Waals surface area contributed by atoms with E-state index in [1.165, 1.54) is 6.20 Å². The molecule has 0 saturated carbocycles. The maximum absolute atomic E-state index is 13.7. The zero-order valence-corrected chi connectivity index (χ0v) is 14.4. The molecule has 1 aliphatic heterocycles. The van der Waals surface area contributed by atoms with Crippen LogP contribution in [0.3, 0.4) is 0 Å². The van der Waals surface area contributed by atoms with Gasteiger partial charge in [0.15, 0.2) is 0 Å². The minimum absolute atomic E-state index is 0.0798. The normalized spacial score (nSPS) is 19.6. The number of halogens is 3. The quantitative estimate of drug-likeness (QED) is 0.748. The molecule has 28 heavy (non-hydrogen) atoms. The summed E-state index contributed by atoms with van der Waals surface area (Å²) in [6.07, 6.45) is -4.43. The number of benzene rings is 2. The third kappa shape index (κ3) is 3.09. The van der Waals surface area contributed by atoms with Crippen molar-refractivity contribution in [1.29, 1.82) is 0 Å². The number of rotatable bonds is 3. The molecule has 0 spiro atoms. The zero-order chi connectivity index (χ0) is 19.8. The second kappa shape index (κ2) is 6.68. The largest absolute Gasteiger partial charge is 0.438 e. The van der Waals surface area contributed by atoms with Gasteiger partial charge in [-0.15, -0.1) is 10.2 Å². The fraction of sp³-hybridized carbons (Fsp3) is 0.158. The summed E-state index contributed by atoms with van der Waals surface area (Å²) in [6.45, 7) is 0. The van der Waals surface area contributed by atoms with Gasteiger partial charge in [-0.3, -0.25) is 0 Å². The van der Waals surface area contributed by atoms with E-state index in [-0.39, 0.29) is 5.71 Å². The molecule has 0 fully saturated rings. The van der Waals surface area contributed by atoms with Crippen LogP contribution in [-0.2, 0) is 0 Å². The topological polar surface area (TPSA) is 74.5 Å². The third-order valence-electron chi connectivity index (χ3n) is 4.35. The Balaban J connectivity index is 1.73. The van der Waals surface area contributed by atoms with E-state index in [1.54, 1.807) is 54.6 Å². The van der Waals surface area contributed by atoms with Gasteiger partial charge in [0.05, 0.1) is 18.3 Å². The van der Waals surface area contributed by atoms with Gasteiger partial charge in [-0.2, -0.15) is 23.3 Å². The molecule has 0 amide bonds. The number of nitrogens with zero attached hydrogens (tertiary/aromatic N) is 5. The molecule has 2 aromatic carbocycles. The van der Waals surface area contributed by atoms with Crippen molar-refractivity contribution in [1.82, 2.24) is 15.2 Å². The zero-order valence-electron chi connectivity index (χ0n) is 14.4. The van der Waals surface area contributed by atoms with Crippen LogP contribution in [0.1, 0.15) is 12.0 Å². The van der Waals surface area contributed by atoms with Gasteiger partial charge in [0.2, 0.25) is 0 Å². The van der Waals surface area contributed by atoms with Gasteiger partial charge in [0.1, 0.15) is 5.69 Å². The molecule has 4 rings (SSSR count). The Labute approximate surface area is 158 Å². The van der Waals surface area contributed by atoms with Crippen molar-refractivity contribution in [2.24, 2.45) is 5.10 Å². The first kappa shape index (κ1) is 18.1. The first-order valence-electron chi connectivity index (χ1n) is 8.36. The molecular formula is C19H14F3N5O. The van der Waals surface area contributed by atoms with Crippen LogP contribution in [0.2, 0.25) is 0 Å². The lowest BCUT2D eigenvalue weighted by Gasteiger charge is -2.32. The Morgan fingerprint density at radius 2 is 1.50 bits per heavy atom. The summed E-state index contributed by atoms with van der Waals surface area (Å²) in [6, 6.07) is 17.3. The van der Waals surface area contributed by atoms with Crippen molar-refractivity contribution in [2.75, 3.05) is 5.01 Å². The monoisotopic (exact) mass is 385 g/mol. The molecule has 142 valence electrons. The van der Waals surface area contributed by atoms with E-state index < -0.39 is 24.3 Å². The van der Waals surface area contributed by atoms with Crippen LogP contribution in [0.25, 0.3) is 11.3 Å². The molecule has 9 heteroatoms. The minimum Gasteiger partial charge on any atom is -0.362 e. The Morgan fingerprint density at radius 3 is 2.04 bits per heavy atom. The fourth-order valence-corrected chi connectivity index (χ4v) is 2.88. The molecule has 0 bridgehead atoms. The summed E-state index contributed by atoms with van der Waals surface area (Å²) < 4.78 is 41.0. The molecule has 0 aliphatic carbocycles. The molecule has 1 atom stereocenters. The molecule has 3 aromatic rings. The number of aromatic nitrogens is 3. The van der Waals surface area contributed by atoms with Gasteiger partial charge >= 0.3 is 6.18 Å². The number of hydrogen-bond donors (Lipinski definition) is 1. The Kier molecular flexibility index (Phi) is 4.31. The van der Waals surface area contributed by atoms with Gasteiger partial charge in [-0.05, 0) is 5.56 Å². The average Bonchev–Trinajstić information content (AvgIpc) is 3.08. The Hall–Kier alpha value is -3.33. The standard InChI is InChI=1S/C19H14F3N5O/c20-19(21,22)18(28)11-15(13-7-3-1-4-8-13)26-27(18)17-23-12-16(24-25-17)14-9-5-2-6-10-14/h1-10,12,28H,11H2. The summed E-state index contributed by atoms with van der Waals surface area (Å²) in [4.78, 5) is 3.96. The van der Waals surface area contributed by atoms with Crippen molar-refractivity contribution in [3.8, 4) is 11.3 Å². The molecule has 6 nitrogen and oxygen atoms in total. The third-order valence-corrected chi connectivity index (χ3v) is 4.35. The second-order valence-electron chi connectivity index (χ2n) is 6.23. The van der Waals surface area contributed by atoms with Gasteiger partial charge < -0.3 is 5.11 Å². The molecule has 0 radical (unpaired) electrons. The molecule has 1 aliphatic rings. The van der Waals surface area contributed by atoms with Crippen LogP contribution in [0.5, 0.6) is 0 Å². The number of hydrogen-bond acceptors (Lipinski definition) is 6. The predicted octanol–water partition coefficient (Wildman–Crippen LogP) is 3.40. The van der Waals surface area contributed by atoms with E-state index in [0.717, 1.165) is 5.56 Å². The lowest BCUT2D eigenvalue weighted by atomic mass is 10.0. The Morgan fingerprint density at radius 1 is 0.893 bits per heavy atom. The second-order valence-corrected chi connectivity index (χ2v) is 6.23. The van der Waals surface area contributed by atoms with Crippen molar-refractivity contribution in [3.05, 3.63) is 72.4 Å². The number of hydrazone groups is 1. The summed E-state index contributed by atoms with van der Waals surface area (Å²) in [5.74, 6) is -0.439. The first-order valence-corrected chi connectivity index (χ1v) is 8.36. The molecular weight excluding hydrogens is 371 g/mol. The summed E-state index contributed by atoms with van der Waals surface area (Å²) in [5, 5.41) is 22.5. The Bertz CT molecular complexity index is 994. The van der Waals surface area contributed by atoms with Crippen LogP contribution < -0.4 is 5.01 Å². The van der Waals surface area contributed by atoms with E-state index in [1.807, 2.05) is 6.07 Å². The maximum atomic E-state index is 13.7. The van der Waals surface area contributed by atoms with Crippen molar-refractivity contribution in [2.45, 2.75) is 18.3 Å². The number of aliphatic hydroxyl groups is 1. The molecule has 1 aromatic heterocycles. The highest BCUT2D eigenvalue weighted by atomic mass is 19.4. The highest BCUT2D eigenvalue weighted by molar-refractivity contribution is 6.03. The highest BCUT2D eigenvalue weighted by Crippen LogP contribution is 2.42. The smallest absolute Gasteiger partial charge is 0.362 e. The SMILES string of the molecule is OC1(C(F)(F)F)CC(c2ccccc2)=NN1c1ncc(-c2ccccc2)nn1. The van der Waals surface area contributed by atoms with Gasteiger partial charge in [0, 0.05) is 5.56 Å². The number of anilines is 1. The van der Waals surface area contributed by atoms with E-state index in [0.29, 0.717) is 16.3 Å². The lowest BCUT2D eigenvalue weighted by molar-refractivity contribution is -0.254.